The molecule has 2 heterocycles. The number of hydrogen-bond acceptors (Lipinski definition) is 4. The molecule has 44 heavy (non-hydrogen) atoms. The van der Waals surface area contributed by atoms with E-state index in [0.29, 0.717) is 46.3 Å². The molecule has 2 fully saturated rings. The predicted octanol–water partition coefficient (Wildman–Crippen LogP) is 5.66. The number of amides is 2. The summed E-state index contributed by atoms with van der Waals surface area (Å²) in [6, 6.07) is 21.7. The van der Waals surface area contributed by atoms with Crippen LogP contribution in [0.3, 0.4) is 0 Å². The Hall–Kier alpha value is -2.94. The number of carbonyl (C=O) groups excluding carboxylic acids is 2. The van der Waals surface area contributed by atoms with E-state index < -0.39 is 0 Å². The quantitative estimate of drug-likeness (QED) is 0.340. The Balaban J connectivity index is 1.30. The van der Waals surface area contributed by atoms with Crippen LogP contribution >= 0.6 is 23.2 Å². The molecule has 2 aliphatic heterocycles. The third kappa shape index (κ3) is 7.47. The third-order valence-corrected chi connectivity index (χ3v) is 10.0. The van der Waals surface area contributed by atoms with Crippen molar-refractivity contribution in [1.29, 1.82) is 0 Å². The summed E-state index contributed by atoms with van der Waals surface area (Å²) in [6.45, 7) is 7.35. The lowest BCUT2D eigenvalue weighted by molar-refractivity contribution is -0.909. The summed E-state index contributed by atoms with van der Waals surface area (Å²) >= 11 is 12.7. The molecule has 3 atom stereocenters. The van der Waals surface area contributed by atoms with Crippen LogP contribution in [0.2, 0.25) is 10.0 Å². The lowest BCUT2D eigenvalue weighted by Gasteiger charge is -2.47. The van der Waals surface area contributed by atoms with Crippen molar-refractivity contribution >= 4 is 35.0 Å². The number of nitrogens with two attached hydrogens (primary N) is 1. The molecule has 3 unspecified atom stereocenters. The molecule has 2 amide bonds. The lowest BCUT2D eigenvalue weighted by Crippen LogP contribution is -2.62. The number of likely N-dealkylation sites (tertiary alicyclic amines) is 1. The van der Waals surface area contributed by atoms with Gasteiger partial charge in [-0.1, -0.05) is 76.8 Å². The number of hydrogen-bond donors (Lipinski definition) is 1. The van der Waals surface area contributed by atoms with Crippen LogP contribution in [0.15, 0.2) is 66.7 Å². The SMILES string of the molecule is Cc1cc(C)cc(C(=O)N2CCN(C(=O)C[N+](C)(C)C3CCN(Cc4ccccc4)C(N)C3)C(c3ccc(Cl)c(Cl)c3)C2)c1. The zero-order chi connectivity index (χ0) is 31.6. The molecule has 2 N–H and O–H groups in total. The third-order valence-electron chi connectivity index (χ3n) is 9.28. The van der Waals surface area contributed by atoms with Gasteiger partial charge in [-0.15, -0.1) is 0 Å². The van der Waals surface area contributed by atoms with Crippen molar-refractivity contribution in [2.24, 2.45) is 5.73 Å². The van der Waals surface area contributed by atoms with Crippen LogP contribution in [-0.4, -0.2) is 90.0 Å². The van der Waals surface area contributed by atoms with Crippen molar-refractivity contribution < 1.29 is 14.1 Å². The number of likely N-dealkylation sites (N-methyl/N-ethyl adjacent to an activating group) is 1. The van der Waals surface area contributed by atoms with E-state index in [-0.39, 0.29) is 30.1 Å². The Morgan fingerprint density at radius 3 is 2.27 bits per heavy atom. The molecule has 3 aromatic rings. The van der Waals surface area contributed by atoms with Gasteiger partial charge in [-0.3, -0.25) is 14.5 Å². The summed E-state index contributed by atoms with van der Waals surface area (Å²) in [5.74, 6) is 0.0335. The number of quaternary nitrogens is 1. The molecule has 7 nitrogen and oxygen atoms in total. The zero-order valence-corrected chi connectivity index (χ0v) is 27.7. The van der Waals surface area contributed by atoms with E-state index in [2.05, 4.69) is 49.3 Å². The second kappa shape index (κ2) is 13.6. The topological polar surface area (TPSA) is 69.9 Å². The van der Waals surface area contributed by atoms with Gasteiger partial charge in [0.25, 0.3) is 11.8 Å². The van der Waals surface area contributed by atoms with Crippen molar-refractivity contribution in [1.82, 2.24) is 14.7 Å². The van der Waals surface area contributed by atoms with Gasteiger partial charge in [0.1, 0.15) is 0 Å². The standard InChI is InChI=1S/C35H44Cl2N5O2/c1-24-16-25(2)18-28(17-24)35(44)40-14-15-41(32(22-40)27-10-11-30(36)31(37)19-27)34(43)23-42(3,4)29-12-13-39(33(38)20-29)21-26-8-6-5-7-9-26/h5-11,16-19,29,32-33H,12-15,20-23,38H2,1-4H3/q+1. The average Bonchev–Trinajstić information content (AvgIpc) is 2.98. The Morgan fingerprint density at radius 2 is 1.61 bits per heavy atom. The van der Waals surface area contributed by atoms with Gasteiger partial charge in [-0.2, -0.15) is 0 Å². The highest BCUT2D eigenvalue weighted by Gasteiger charge is 2.41. The molecule has 0 bridgehead atoms. The lowest BCUT2D eigenvalue weighted by atomic mass is 9.97. The second-order valence-corrected chi connectivity index (χ2v) is 13.9. The minimum atomic E-state index is -0.337. The van der Waals surface area contributed by atoms with E-state index >= 15 is 0 Å². The number of aryl methyl sites for hydroxylation is 2. The van der Waals surface area contributed by atoms with Gasteiger partial charge in [0.05, 0.1) is 42.4 Å². The normalized spacial score (nSPS) is 21.4. The first-order valence-electron chi connectivity index (χ1n) is 15.4. The van der Waals surface area contributed by atoms with Gasteiger partial charge in [0, 0.05) is 51.1 Å². The van der Waals surface area contributed by atoms with Crippen molar-refractivity contribution in [2.45, 2.75) is 51.5 Å². The first-order chi connectivity index (χ1) is 20.9. The molecule has 0 aliphatic carbocycles. The number of nitrogens with zero attached hydrogens (tertiary/aromatic N) is 4. The summed E-state index contributed by atoms with van der Waals surface area (Å²) in [7, 11) is 4.27. The van der Waals surface area contributed by atoms with E-state index in [1.54, 1.807) is 6.07 Å². The van der Waals surface area contributed by atoms with Gasteiger partial charge < -0.3 is 20.0 Å². The van der Waals surface area contributed by atoms with Gasteiger partial charge in [-0.05, 0) is 49.2 Å². The van der Waals surface area contributed by atoms with Crippen LogP contribution in [0.1, 0.15) is 51.5 Å². The van der Waals surface area contributed by atoms with Gasteiger partial charge in [0.15, 0.2) is 6.54 Å². The Kier molecular flexibility index (Phi) is 10.0. The molecule has 2 saturated heterocycles. The van der Waals surface area contributed by atoms with Crippen LogP contribution in [0.5, 0.6) is 0 Å². The van der Waals surface area contributed by atoms with Crippen molar-refractivity contribution in [3.63, 3.8) is 0 Å². The number of piperidine rings is 1. The fraction of sp³-hybridized carbons (Fsp3) is 0.429. The average molecular weight is 638 g/mol. The Labute approximate surface area is 271 Å². The number of halogens is 2. The largest absolute Gasteiger partial charge is 0.334 e. The first-order valence-corrected chi connectivity index (χ1v) is 16.1. The minimum absolute atomic E-state index is 0.0266. The molecule has 2 aliphatic rings. The van der Waals surface area contributed by atoms with E-state index in [4.69, 9.17) is 28.9 Å². The first kappa shape index (κ1) is 32.5. The van der Waals surface area contributed by atoms with E-state index in [1.807, 2.05) is 54.0 Å². The molecule has 0 saturated carbocycles. The zero-order valence-electron chi connectivity index (χ0n) is 26.2. The van der Waals surface area contributed by atoms with Gasteiger partial charge in [-0.25, -0.2) is 0 Å². The molecule has 0 radical (unpaired) electrons. The molecule has 9 heteroatoms. The van der Waals surface area contributed by atoms with Crippen molar-refractivity contribution in [2.75, 3.05) is 46.8 Å². The van der Waals surface area contributed by atoms with Crippen molar-refractivity contribution in [3.05, 3.63) is 105 Å². The van der Waals surface area contributed by atoms with E-state index in [1.165, 1.54) is 5.56 Å². The second-order valence-electron chi connectivity index (χ2n) is 13.0. The van der Waals surface area contributed by atoms with Crippen LogP contribution in [0.25, 0.3) is 0 Å². The minimum Gasteiger partial charge on any atom is -0.334 e. The van der Waals surface area contributed by atoms with E-state index in [9.17, 15) is 9.59 Å². The highest BCUT2D eigenvalue weighted by Crippen LogP contribution is 2.32. The molecule has 0 spiro atoms. The molecular formula is C35H44Cl2N5O2+. The fourth-order valence-corrected chi connectivity index (χ4v) is 7.10. The maximum atomic E-state index is 14.1. The summed E-state index contributed by atoms with van der Waals surface area (Å²) in [5, 5.41) is 0.890. The molecule has 0 aromatic heterocycles. The summed E-state index contributed by atoms with van der Waals surface area (Å²) in [5.41, 5.74) is 11.6. The molecular weight excluding hydrogens is 593 g/mol. The van der Waals surface area contributed by atoms with Crippen LogP contribution in [0, 0.1) is 13.8 Å². The monoisotopic (exact) mass is 636 g/mol. The number of piperazine rings is 1. The number of rotatable bonds is 7. The number of carbonyl (C=O) groups is 2. The molecule has 3 aromatic carbocycles. The Morgan fingerprint density at radius 1 is 0.909 bits per heavy atom. The Bertz CT molecular complexity index is 1480. The summed E-state index contributed by atoms with van der Waals surface area (Å²) in [6.07, 6.45) is 1.72. The highest BCUT2D eigenvalue weighted by atomic mass is 35.5. The van der Waals surface area contributed by atoms with Crippen LogP contribution in [0.4, 0.5) is 0 Å². The van der Waals surface area contributed by atoms with Crippen LogP contribution in [-0.2, 0) is 11.3 Å². The van der Waals surface area contributed by atoms with Crippen molar-refractivity contribution in [3.8, 4) is 0 Å². The summed E-state index contributed by atoms with van der Waals surface area (Å²) in [4.78, 5) is 33.9. The number of benzene rings is 3. The van der Waals surface area contributed by atoms with Crippen LogP contribution < -0.4 is 5.73 Å². The molecule has 5 rings (SSSR count). The maximum absolute atomic E-state index is 14.1. The summed E-state index contributed by atoms with van der Waals surface area (Å²) < 4.78 is 0.557. The maximum Gasteiger partial charge on any atom is 0.278 e. The fourth-order valence-electron chi connectivity index (χ4n) is 6.80. The molecule has 234 valence electrons. The van der Waals surface area contributed by atoms with Gasteiger partial charge >= 0.3 is 0 Å². The smallest absolute Gasteiger partial charge is 0.278 e. The van der Waals surface area contributed by atoms with Gasteiger partial charge in [0.2, 0.25) is 0 Å². The highest BCUT2D eigenvalue weighted by molar-refractivity contribution is 6.42. The van der Waals surface area contributed by atoms with E-state index in [0.717, 1.165) is 42.6 Å². The predicted molar refractivity (Wildman–Crippen MR) is 178 cm³/mol.